The first-order chi connectivity index (χ1) is 14.0. The van der Waals surface area contributed by atoms with Crippen molar-refractivity contribution in [2.45, 2.75) is 50.2 Å². The molecule has 3 rings (SSSR count). The summed E-state index contributed by atoms with van der Waals surface area (Å²) in [5.74, 6) is -0.400. The number of ether oxygens (including phenoxy) is 1. The summed E-state index contributed by atoms with van der Waals surface area (Å²) in [4.78, 5) is 24.4. The van der Waals surface area contributed by atoms with E-state index in [1.165, 1.54) is 12.1 Å². The van der Waals surface area contributed by atoms with Gasteiger partial charge in [0.2, 0.25) is 10.0 Å². The van der Waals surface area contributed by atoms with Gasteiger partial charge in [-0.2, -0.15) is 0 Å². The average molecular weight is 432 g/mol. The van der Waals surface area contributed by atoms with Gasteiger partial charge in [-0.3, -0.25) is 10.1 Å². The van der Waals surface area contributed by atoms with Crippen LogP contribution in [0.3, 0.4) is 0 Å². The van der Waals surface area contributed by atoms with Crippen LogP contribution in [-0.4, -0.2) is 32.1 Å². The van der Waals surface area contributed by atoms with Crippen molar-refractivity contribution in [1.82, 2.24) is 4.72 Å². The zero-order valence-corrected chi connectivity index (χ0v) is 17.9. The van der Waals surface area contributed by atoms with E-state index in [4.69, 9.17) is 4.74 Å². The maximum Gasteiger partial charge on any atom is 0.412 e. The van der Waals surface area contributed by atoms with Gasteiger partial charge < -0.3 is 10.1 Å². The fourth-order valence-electron chi connectivity index (χ4n) is 2.56. The molecule has 2 amide bonds. The van der Waals surface area contributed by atoms with Crippen molar-refractivity contribution < 1.29 is 22.7 Å². The lowest BCUT2D eigenvalue weighted by atomic mass is 10.2. The van der Waals surface area contributed by atoms with Gasteiger partial charge in [0.05, 0.1) is 4.90 Å². The largest absolute Gasteiger partial charge is 0.444 e. The van der Waals surface area contributed by atoms with Crippen molar-refractivity contribution in [3.63, 3.8) is 0 Å². The van der Waals surface area contributed by atoms with Crippen LogP contribution in [-0.2, 0) is 14.8 Å². The molecule has 0 aromatic heterocycles. The summed E-state index contributed by atoms with van der Waals surface area (Å²) in [6, 6.07) is 12.4. The third-order valence-electron chi connectivity index (χ3n) is 4.09. The molecule has 2 aromatic carbocycles. The first kappa shape index (κ1) is 21.8. The van der Waals surface area contributed by atoms with Gasteiger partial charge in [-0.05, 0) is 76.1 Å². The number of carbonyl (C=O) groups is 2. The molecule has 9 heteroatoms. The van der Waals surface area contributed by atoms with E-state index in [1.807, 2.05) is 0 Å². The average Bonchev–Trinajstić information content (AvgIpc) is 3.44. The molecule has 0 saturated heterocycles. The molecule has 1 aliphatic rings. The van der Waals surface area contributed by atoms with Crippen LogP contribution < -0.4 is 15.4 Å². The summed E-state index contributed by atoms with van der Waals surface area (Å²) in [5, 5.41) is 5.28. The Labute approximate surface area is 176 Å². The number of nitrogens with one attached hydrogen (secondary N) is 3. The number of hydrogen-bond donors (Lipinski definition) is 3. The van der Waals surface area contributed by atoms with Crippen molar-refractivity contribution in [2.75, 3.05) is 10.6 Å². The summed E-state index contributed by atoms with van der Waals surface area (Å²) in [6.45, 7) is 5.30. The predicted octanol–water partition coefficient (Wildman–Crippen LogP) is 3.73. The molecule has 0 spiro atoms. The molecule has 1 fully saturated rings. The van der Waals surface area contributed by atoms with Crippen LogP contribution in [0.15, 0.2) is 53.4 Å². The first-order valence-corrected chi connectivity index (χ1v) is 11.0. The lowest BCUT2D eigenvalue weighted by Crippen LogP contribution is -2.27. The summed E-state index contributed by atoms with van der Waals surface area (Å²) in [7, 11) is -3.60. The van der Waals surface area contributed by atoms with Gasteiger partial charge >= 0.3 is 6.09 Å². The minimum Gasteiger partial charge on any atom is -0.444 e. The van der Waals surface area contributed by atoms with E-state index in [0.29, 0.717) is 16.9 Å². The third-order valence-corrected chi connectivity index (χ3v) is 5.61. The van der Waals surface area contributed by atoms with Gasteiger partial charge in [0.1, 0.15) is 5.60 Å². The molecule has 0 atom stereocenters. The van der Waals surface area contributed by atoms with E-state index in [2.05, 4.69) is 15.4 Å². The smallest absolute Gasteiger partial charge is 0.412 e. The molecule has 0 heterocycles. The highest BCUT2D eigenvalue weighted by atomic mass is 32.2. The Bertz CT molecular complexity index is 1040. The van der Waals surface area contributed by atoms with Gasteiger partial charge in [0, 0.05) is 23.0 Å². The van der Waals surface area contributed by atoms with Crippen LogP contribution in [0.1, 0.15) is 44.0 Å². The summed E-state index contributed by atoms with van der Waals surface area (Å²) in [5.41, 5.74) is 0.601. The normalized spacial score (nSPS) is 14.1. The molecule has 1 aliphatic carbocycles. The SMILES string of the molecule is CC(C)(C)OC(=O)Nc1ccc(C(=O)Nc2cccc(S(=O)(=O)NC3CC3)c2)cc1. The molecule has 1 saturated carbocycles. The number of benzene rings is 2. The number of amides is 2. The lowest BCUT2D eigenvalue weighted by Gasteiger charge is -2.19. The Morgan fingerprint density at radius 1 is 0.967 bits per heavy atom. The second-order valence-electron chi connectivity index (χ2n) is 8.08. The quantitative estimate of drug-likeness (QED) is 0.645. The van der Waals surface area contributed by atoms with Gasteiger partial charge in [0.15, 0.2) is 0 Å². The Kier molecular flexibility index (Phi) is 6.14. The van der Waals surface area contributed by atoms with Gasteiger partial charge in [0.25, 0.3) is 5.91 Å². The number of rotatable bonds is 6. The van der Waals surface area contributed by atoms with Crippen LogP contribution in [0, 0.1) is 0 Å². The van der Waals surface area contributed by atoms with Crippen molar-refractivity contribution in [3.05, 3.63) is 54.1 Å². The summed E-state index contributed by atoms with van der Waals surface area (Å²) in [6.07, 6.45) is 1.10. The Morgan fingerprint density at radius 3 is 2.23 bits per heavy atom. The molecule has 30 heavy (non-hydrogen) atoms. The molecular weight excluding hydrogens is 406 g/mol. The van der Waals surface area contributed by atoms with Crippen molar-refractivity contribution in [1.29, 1.82) is 0 Å². The zero-order chi connectivity index (χ0) is 21.9. The van der Waals surface area contributed by atoms with Gasteiger partial charge in [-0.25, -0.2) is 17.9 Å². The maximum absolute atomic E-state index is 12.5. The van der Waals surface area contributed by atoms with Crippen molar-refractivity contribution in [2.24, 2.45) is 0 Å². The van der Waals surface area contributed by atoms with Gasteiger partial charge in [-0.1, -0.05) is 6.07 Å². The second-order valence-corrected chi connectivity index (χ2v) is 9.80. The Hall–Kier alpha value is -2.91. The molecule has 0 bridgehead atoms. The minimum atomic E-state index is -3.60. The van der Waals surface area contributed by atoms with E-state index in [0.717, 1.165) is 12.8 Å². The van der Waals surface area contributed by atoms with Crippen LogP contribution in [0.4, 0.5) is 16.2 Å². The van der Waals surface area contributed by atoms with Crippen LogP contribution in [0.2, 0.25) is 0 Å². The Morgan fingerprint density at radius 2 is 1.63 bits per heavy atom. The van der Waals surface area contributed by atoms with E-state index in [9.17, 15) is 18.0 Å². The third kappa shape index (κ3) is 6.30. The highest BCUT2D eigenvalue weighted by Gasteiger charge is 2.28. The Balaban J connectivity index is 1.63. The predicted molar refractivity (Wildman–Crippen MR) is 114 cm³/mol. The molecule has 8 nitrogen and oxygen atoms in total. The zero-order valence-electron chi connectivity index (χ0n) is 17.1. The number of sulfonamides is 1. The van der Waals surface area contributed by atoms with Crippen molar-refractivity contribution in [3.8, 4) is 0 Å². The molecular formula is C21H25N3O5S. The van der Waals surface area contributed by atoms with E-state index in [-0.39, 0.29) is 10.9 Å². The van der Waals surface area contributed by atoms with Gasteiger partial charge in [-0.15, -0.1) is 0 Å². The van der Waals surface area contributed by atoms with Crippen LogP contribution in [0.5, 0.6) is 0 Å². The number of carbonyl (C=O) groups excluding carboxylic acids is 2. The van der Waals surface area contributed by atoms with Crippen LogP contribution >= 0.6 is 0 Å². The number of anilines is 2. The van der Waals surface area contributed by atoms with E-state index in [1.54, 1.807) is 57.2 Å². The fraction of sp³-hybridized carbons (Fsp3) is 0.333. The van der Waals surface area contributed by atoms with E-state index < -0.39 is 27.6 Å². The molecule has 0 aliphatic heterocycles. The number of hydrogen-bond acceptors (Lipinski definition) is 5. The van der Waals surface area contributed by atoms with Crippen molar-refractivity contribution >= 4 is 33.4 Å². The maximum atomic E-state index is 12.5. The minimum absolute atomic E-state index is 0.000973. The first-order valence-electron chi connectivity index (χ1n) is 9.56. The molecule has 0 radical (unpaired) electrons. The summed E-state index contributed by atoms with van der Waals surface area (Å²) < 4.78 is 32.5. The summed E-state index contributed by atoms with van der Waals surface area (Å²) >= 11 is 0. The lowest BCUT2D eigenvalue weighted by molar-refractivity contribution is 0.0635. The highest BCUT2D eigenvalue weighted by Crippen LogP contribution is 2.23. The molecule has 3 N–H and O–H groups in total. The van der Waals surface area contributed by atoms with E-state index >= 15 is 0 Å². The molecule has 0 unspecified atom stereocenters. The highest BCUT2D eigenvalue weighted by molar-refractivity contribution is 7.89. The topological polar surface area (TPSA) is 114 Å². The monoisotopic (exact) mass is 431 g/mol. The fourth-order valence-corrected chi connectivity index (χ4v) is 3.91. The second kappa shape index (κ2) is 8.45. The molecule has 160 valence electrons. The molecule has 2 aromatic rings. The van der Waals surface area contributed by atoms with Crippen LogP contribution in [0.25, 0.3) is 0 Å². The standard InChI is InChI=1S/C21H25N3O5S/c1-21(2,3)29-20(26)23-15-9-7-14(8-10-15)19(25)22-17-5-4-6-18(13-17)30(27,28)24-16-11-12-16/h4-10,13,16,24H,11-12H2,1-3H3,(H,22,25)(H,23,26).